The van der Waals surface area contributed by atoms with Gasteiger partial charge in [-0.05, 0) is 25.3 Å². The highest BCUT2D eigenvalue weighted by molar-refractivity contribution is 7.98. The Morgan fingerprint density at radius 1 is 1.33 bits per heavy atom. The summed E-state index contributed by atoms with van der Waals surface area (Å²) in [6.45, 7) is 3.52. The van der Waals surface area contributed by atoms with Gasteiger partial charge in [0.15, 0.2) is 0 Å². The van der Waals surface area contributed by atoms with Crippen LogP contribution in [0.1, 0.15) is 24.0 Å². The number of benzene rings is 1. The predicted octanol–water partition coefficient (Wildman–Crippen LogP) is 2.02. The van der Waals surface area contributed by atoms with Crippen molar-refractivity contribution in [2.24, 2.45) is 5.92 Å². The first kappa shape index (κ1) is 19.3. The van der Waals surface area contributed by atoms with Crippen molar-refractivity contribution in [2.45, 2.75) is 25.5 Å². The average Bonchev–Trinajstić information content (AvgIpc) is 2.55. The Hall–Kier alpha value is -1.05. The zero-order valence-corrected chi connectivity index (χ0v) is 16.0. The molecule has 1 amide bonds. The number of rotatable bonds is 7. The largest absolute Gasteiger partial charge is 0.355 e. The number of nitrogens with one attached hydrogen (secondary N) is 1. The summed E-state index contributed by atoms with van der Waals surface area (Å²) < 4.78 is 24.6. The normalized spacial score (nSPS) is 19.2. The van der Waals surface area contributed by atoms with E-state index in [9.17, 15) is 13.2 Å². The number of hydrogen-bond acceptors (Lipinski definition) is 4. The summed E-state index contributed by atoms with van der Waals surface area (Å²) in [5.41, 5.74) is 2.54. The van der Waals surface area contributed by atoms with Crippen molar-refractivity contribution in [3.8, 4) is 0 Å². The van der Waals surface area contributed by atoms with E-state index in [0.29, 0.717) is 19.6 Å². The predicted molar refractivity (Wildman–Crippen MR) is 99.5 cm³/mol. The molecule has 5 nitrogen and oxygen atoms in total. The van der Waals surface area contributed by atoms with Crippen LogP contribution in [0.25, 0.3) is 0 Å². The van der Waals surface area contributed by atoms with Crippen LogP contribution in [0.4, 0.5) is 0 Å². The van der Waals surface area contributed by atoms with Crippen LogP contribution >= 0.6 is 11.8 Å². The lowest BCUT2D eigenvalue weighted by molar-refractivity contribution is -0.125. The summed E-state index contributed by atoms with van der Waals surface area (Å²) in [5, 5.41) is 2.94. The topological polar surface area (TPSA) is 66.5 Å². The fraction of sp³-hybridized carbons (Fsp3) is 0.588. The lowest BCUT2D eigenvalue weighted by atomic mass is 9.99. The SMILES string of the molecule is Cc1ccc(CSCCNC(=O)[C@@H]2CCCN(S(C)(=O)=O)C2)cc1. The molecule has 0 bridgehead atoms. The highest BCUT2D eigenvalue weighted by Gasteiger charge is 2.29. The highest BCUT2D eigenvalue weighted by Crippen LogP contribution is 2.19. The van der Waals surface area contributed by atoms with Crippen LogP contribution < -0.4 is 5.32 Å². The van der Waals surface area contributed by atoms with Crippen LogP contribution in [0.5, 0.6) is 0 Å². The Morgan fingerprint density at radius 2 is 2.04 bits per heavy atom. The number of thioether (sulfide) groups is 1. The van der Waals surface area contributed by atoms with Crippen LogP contribution in [0.2, 0.25) is 0 Å². The smallest absolute Gasteiger partial charge is 0.224 e. The molecule has 0 spiro atoms. The lowest BCUT2D eigenvalue weighted by Crippen LogP contribution is -2.45. The molecule has 1 aliphatic heterocycles. The van der Waals surface area contributed by atoms with Crippen molar-refractivity contribution in [1.82, 2.24) is 9.62 Å². The summed E-state index contributed by atoms with van der Waals surface area (Å²) in [6.07, 6.45) is 2.71. The lowest BCUT2D eigenvalue weighted by Gasteiger charge is -2.30. The minimum atomic E-state index is -3.21. The summed E-state index contributed by atoms with van der Waals surface area (Å²) in [5.74, 6) is 1.53. The molecule has 0 radical (unpaired) electrons. The zero-order chi connectivity index (χ0) is 17.6. The van der Waals surface area contributed by atoms with Gasteiger partial charge in [-0.25, -0.2) is 12.7 Å². The molecule has 1 aromatic rings. The van der Waals surface area contributed by atoms with Crippen molar-refractivity contribution in [2.75, 3.05) is 31.6 Å². The van der Waals surface area contributed by atoms with E-state index in [4.69, 9.17) is 0 Å². The van der Waals surface area contributed by atoms with E-state index in [0.717, 1.165) is 24.3 Å². The summed E-state index contributed by atoms with van der Waals surface area (Å²) in [4.78, 5) is 12.2. The second-order valence-corrected chi connectivity index (χ2v) is 9.38. The maximum atomic E-state index is 12.2. The van der Waals surface area contributed by atoms with Gasteiger partial charge in [-0.1, -0.05) is 29.8 Å². The van der Waals surface area contributed by atoms with E-state index in [1.807, 2.05) is 0 Å². The Morgan fingerprint density at radius 3 is 2.71 bits per heavy atom. The second kappa shape index (κ2) is 8.87. The molecule has 2 rings (SSSR count). The van der Waals surface area contributed by atoms with E-state index in [1.54, 1.807) is 11.8 Å². The molecule has 1 atom stereocenters. The van der Waals surface area contributed by atoms with Crippen LogP contribution in [0, 0.1) is 12.8 Å². The van der Waals surface area contributed by atoms with E-state index in [1.165, 1.54) is 21.7 Å². The molecule has 134 valence electrons. The minimum Gasteiger partial charge on any atom is -0.355 e. The van der Waals surface area contributed by atoms with E-state index < -0.39 is 10.0 Å². The Labute approximate surface area is 149 Å². The van der Waals surface area contributed by atoms with Crippen molar-refractivity contribution < 1.29 is 13.2 Å². The third-order valence-electron chi connectivity index (χ3n) is 4.16. The quantitative estimate of drug-likeness (QED) is 0.746. The number of carbonyl (C=O) groups is 1. The first-order valence-corrected chi connectivity index (χ1v) is 11.2. The molecular formula is C17H26N2O3S2. The van der Waals surface area contributed by atoms with Crippen molar-refractivity contribution in [3.63, 3.8) is 0 Å². The third-order valence-corrected chi connectivity index (χ3v) is 6.46. The maximum Gasteiger partial charge on any atom is 0.224 e. The minimum absolute atomic E-state index is 0.0284. The molecule has 1 saturated heterocycles. The van der Waals surface area contributed by atoms with E-state index in [-0.39, 0.29) is 11.8 Å². The molecule has 0 aromatic heterocycles. The Kier molecular flexibility index (Phi) is 7.13. The molecule has 0 unspecified atom stereocenters. The summed E-state index contributed by atoms with van der Waals surface area (Å²) in [6, 6.07) is 8.47. The number of hydrogen-bond donors (Lipinski definition) is 1. The summed E-state index contributed by atoms with van der Waals surface area (Å²) >= 11 is 1.78. The first-order chi connectivity index (χ1) is 11.4. The van der Waals surface area contributed by atoms with Gasteiger partial charge in [-0.3, -0.25) is 4.79 Å². The number of piperidine rings is 1. The summed E-state index contributed by atoms with van der Waals surface area (Å²) in [7, 11) is -3.21. The number of sulfonamides is 1. The van der Waals surface area contributed by atoms with Gasteiger partial charge in [0.25, 0.3) is 0 Å². The average molecular weight is 371 g/mol. The van der Waals surface area contributed by atoms with Gasteiger partial charge in [-0.2, -0.15) is 11.8 Å². The number of nitrogens with zero attached hydrogens (tertiary/aromatic N) is 1. The van der Waals surface area contributed by atoms with Crippen molar-refractivity contribution >= 4 is 27.7 Å². The first-order valence-electron chi connectivity index (χ1n) is 8.22. The van der Waals surface area contributed by atoms with Gasteiger partial charge in [-0.15, -0.1) is 0 Å². The van der Waals surface area contributed by atoms with Crippen LogP contribution in [0.15, 0.2) is 24.3 Å². The molecule has 24 heavy (non-hydrogen) atoms. The van der Waals surface area contributed by atoms with Gasteiger partial charge >= 0.3 is 0 Å². The fourth-order valence-electron chi connectivity index (χ4n) is 2.72. The Balaban J connectivity index is 1.66. The molecule has 1 fully saturated rings. The number of amides is 1. The number of carbonyl (C=O) groups excluding carboxylic acids is 1. The monoisotopic (exact) mass is 370 g/mol. The van der Waals surface area contributed by atoms with Gasteiger partial charge in [0.05, 0.1) is 12.2 Å². The fourth-order valence-corrected chi connectivity index (χ4v) is 4.45. The molecule has 1 N–H and O–H groups in total. The van der Waals surface area contributed by atoms with Crippen LogP contribution in [0.3, 0.4) is 0 Å². The molecule has 0 aliphatic carbocycles. The van der Waals surface area contributed by atoms with Gasteiger partial charge in [0, 0.05) is 31.1 Å². The third kappa shape index (κ3) is 6.11. The van der Waals surface area contributed by atoms with Crippen LogP contribution in [-0.4, -0.2) is 50.3 Å². The second-order valence-electron chi connectivity index (χ2n) is 6.29. The van der Waals surface area contributed by atoms with Crippen molar-refractivity contribution in [1.29, 1.82) is 0 Å². The van der Waals surface area contributed by atoms with E-state index >= 15 is 0 Å². The van der Waals surface area contributed by atoms with Crippen LogP contribution in [-0.2, 0) is 20.6 Å². The highest BCUT2D eigenvalue weighted by atomic mass is 32.2. The van der Waals surface area contributed by atoms with Crippen molar-refractivity contribution in [3.05, 3.63) is 35.4 Å². The Bertz CT molecular complexity index is 644. The standard InChI is InChI=1S/C17H26N2O3S2/c1-14-5-7-15(8-6-14)13-23-11-9-18-17(20)16-4-3-10-19(12-16)24(2,21)22/h5-8,16H,3-4,9-13H2,1-2H3,(H,18,20)/t16-/m1/s1. The van der Waals surface area contributed by atoms with Gasteiger partial charge in [0.1, 0.15) is 0 Å². The number of aryl methyl sites for hydroxylation is 1. The molecule has 1 aliphatic rings. The molecule has 0 saturated carbocycles. The molecule has 1 aromatic carbocycles. The van der Waals surface area contributed by atoms with Gasteiger partial charge < -0.3 is 5.32 Å². The molecular weight excluding hydrogens is 344 g/mol. The maximum absolute atomic E-state index is 12.2. The van der Waals surface area contributed by atoms with E-state index in [2.05, 4.69) is 36.5 Å². The zero-order valence-electron chi connectivity index (χ0n) is 14.3. The van der Waals surface area contributed by atoms with Gasteiger partial charge in [0.2, 0.25) is 15.9 Å². The molecule has 7 heteroatoms. The molecule has 1 heterocycles.